The second kappa shape index (κ2) is 4.33. The number of rotatable bonds is 2. The van der Waals surface area contributed by atoms with Crippen LogP contribution >= 0.6 is 11.6 Å². The number of pyridine rings is 1. The molecule has 2 aromatic rings. The number of carbonyl (C=O) groups excluding carboxylic acids is 1. The quantitative estimate of drug-likeness (QED) is 0.640. The van der Waals surface area contributed by atoms with Gasteiger partial charge in [0.1, 0.15) is 5.69 Å². The Bertz CT molecular complexity index is 506. The summed E-state index contributed by atoms with van der Waals surface area (Å²) in [6.07, 6.45) is 1.56. The molecule has 1 aromatic heterocycles. The van der Waals surface area contributed by atoms with Crippen LogP contribution in [0.4, 0.5) is 5.69 Å². The maximum atomic E-state index is 12.1. The van der Waals surface area contributed by atoms with Crippen LogP contribution in [0, 0.1) is 0 Å². The molecule has 0 bridgehead atoms. The van der Waals surface area contributed by atoms with Crippen LogP contribution in [0.3, 0.4) is 0 Å². The summed E-state index contributed by atoms with van der Waals surface area (Å²) in [5.41, 5.74) is 6.73. The Labute approximate surface area is 97.9 Å². The second-order valence-electron chi connectivity index (χ2n) is 3.25. The molecule has 4 heteroatoms. The Kier molecular flexibility index (Phi) is 2.88. The molecule has 0 atom stereocenters. The van der Waals surface area contributed by atoms with Gasteiger partial charge < -0.3 is 5.73 Å². The molecule has 0 aliphatic rings. The van der Waals surface area contributed by atoms with Crippen LogP contribution in [0.1, 0.15) is 16.1 Å². The number of hydrogen-bond acceptors (Lipinski definition) is 3. The second-order valence-corrected chi connectivity index (χ2v) is 3.66. The van der Waals surface area contributed by atoms with Crippen LogP contribution in [0.2, 0.25) is 5.02 Å². The minimum absolute atomic E-state index is 0.260. The molecule has 16 heavy (non-hydrogen) atoms. The van der Waals surface area contributed by atoms with Gasteiger partial charge in [0.25, 0.3) is 0 Å². The standard InChI is InChI=1S/C12H9ClN2O/c13-8-4-3-5-9(14)11(8)12(16)10-6-1-2-7-15-10/h1-7H,14H2. The number of anilines is 1. The van der Waals surface area contributed by atoms with E-state index in [1.807, 2.05) is 0 Å². The fraction of sp³-hybridized carbons (Fsp3) is 0. The minimum Gasteiger partial charge on any atom is -0.398 e. The van der Waals surface area contributed by atoms with Crippen molar-refractivity contribution in [3.63, 3.8) is 0 Å². The van der Waals surface area contributed by atoms with E-state index in [1.165, 1.54) is 0 Å². The van der Waals surface area contributed by atoms with E-state index in [-0.39, 0.29) is 5.78 Å². The van der Waals surface area contributed by atoms with E-state index in [0.29, 0.717) is 22.0 Å². The van der Waals surface area contributed by atoms with E-state index < -0.39 is 0 Å². The van der Waals surface area contributed by atoms with Crippen molar-refractivity contribution in [3.05, 3.63) is 58.9 Å². The molecule has 1 heterocycles. The van der Waals surface area contributed by atoms with Crippen molar-refractivity contribution in [1.29, 1.82) is 0 Å². The SMILES string of the molecule is Nc1cccc(Cl)c1C(=O)c1ccccn1. The average Bonchev–Trinajstić information content (AvgIpc) is 2.30. The van der Waals surface area contributed by atoms with Crippen LogP contribution in [0.25, 0.3) is 0 Å². The van der Waals surface area contributed by atoms with Crippen molar-refractivity contribution < 1.29 is 4.79 Å². The molecule has 1 aromatic carbocycles. The number of aromatic nitrogens is 1. The number of nitrogen functional groups attached to an aromatic ring is 1. The number of hydrogen-bond donors (Lipinski definition) is 1. The Hall–Kier alpha value is -1.87. The zero-order valence-corrected chi connectivity index (χ0v) is 9.11. The van der Waals surface area contributed by atoms with Gasteiger partial charge in [0.15, 0.2) is 0 Å². The van der Waals surface area contributed by atoms with E-state index in [1.54, 1.807) is 42.6 Å². The lowest BCUT2D eigenvalue weighted by Gasteiger charge is -2.05. The van der Waals surface area contributed by atoms with Gasteiger partial charge in [-0.05, 0) is 24.3 Å². The number of halogens is 1. The van der Waals surface area contributed by atoms with E-state index in [2.05, 4.69) is 4.98 Å². The highest BCUT2D eigenvalue weighted by atomic mass is 35.5. The maximum absolute atomic E-state index is 12.1. The third kappa shape index (κ3) is 1.90. The number of carbonyl (C=O) groups is 1. The highest BCUT2D eigenvalue weighted by molar-refractivity contribution is 6.35. The highest BCUT2D eigenvalue weighted by Crippen LogP contribution is 2.24. The van der Waals surface area contributed by atoms with Gasteiger partial charge in [0.05, 0.1) is 10.6 Å². The van der Waals surface area contributed by atoms with Crippen molar-refractivity contribution in [2.45, 2.75) is 0 Å². The smallest absolute Gasteiger partial charge is 0.214 e. The number of benzene rings is 1. The van der Waals surface area contributed by atoms with E-state index in [0.717, 1.165) is 0 Å². The monoisotopic (exact) mass is 232 g/mol. The van der Waals surface area contributed by atoms with Crippen molar-refractivity contribution in [2.24, 2.45) is 0 Å². The van der Waals surface area contributed by atoms with E-state index in [4.69, 9.17) is 17.3 Å². The summed E-state index contributed by atoms with van der Waals surface area (Å²) in [6, 6.07) is 10.1. The summed E-state index contributed by atoms with van der Waals surface area (Å²) in [5, 5.41) is 0.343. The largest absolute Gasteiger partial charge is 0.398 e. The lowest BCUT2D eigenvalue weighted by Crippen LogP contribution is -2.07. The first kappa shape index (κ1) is 10.6. The van der Waals surface area contributed by atoms with Gasteiger partial charge in [0, 0.05) is 11.9 Å². The van der Waals surface area contributed by atoms with Gasteiger partial charge in [-0.15, -0.1) is 0 Å². The summed E-state index contributed by atoms with van der Waals surface area (Å²) in [4.78, 5) is 16.0. The molecular formula is C12H9ClN2O. The minimum atomic E-state index is -0.260. The van der Waals surface area contributed by atoms with Gasteiger partial charge in [-0.1, -0.05) is 23.7 Å². The Morgan fingerprint density at radius 2 is 2.00 bits per heavy atom. The molecule has 0 saturated heterocycles. The summed E-state index contributed by atoms with van der Waals surface area (Å²) in [7, 11) is 0. The van der Waals surface area contributed by atoms with E-state index >= 15 is 0 Å². The molecule has 3 nitrogen and oxygen atoms in total. The molecule has 0 unspecified atom stereocenters. The van der Waals surface area contributed by atoms with Crippen molar-refractivity contribution in [1.82, 2.24) is 4.98 Å². The Morgan fingerprint density at radius 3 is 2.62 bits per heavy atom. The molecular weight excluding hydrogens is 224 g/mol. The number of nitrogens with zero attached hydrogens (tertiary/aromatic N) is 1. The van der Waals surface area contributed by atoms with Crippen molar-refractivity contribution in [3.8, 4) is 0 Å². The van der Waals surface area contributed by atoms with Crippen molar-refractivity contribution >= 4 is 23.1 Å². The maximum Gasteiger partial charge on any atom is 0.214 e. The van der Waals surface area contributed by atoms with Crippen LogP contribution in [-0.2, 0) is 0 Å². The molecule has 80 valence electrons. The van der Waals surface area contributed by atoms with Crippen LogP contribution < -0.4 is 5.73 Å². The lowest BCUT2D eigenvalue weighted by molar-refractivity contribution is 0.103. The van der Waals surface area contributed by atoms with E-state index in [9.17, 15) is 4.79 Å². The predicted octanol–water partition coefficient (Wildman–Crippen LogP) is 2.55. The van der Waals surface area contributed by atoms with Gasteiger partial charge in [-0.2, -0.15) is 0 Å². The molecule has 0 saturated carbocycles. The Balaban J connectivity index is 2.50. The zero-order chi connectivity index (χ0) is 11.5. The van der Waals surface area contributed by atoms with Gasteiger partial charge in [-0.3, -0.25) is 9.78 Å². The van der Waals surface area contributed by atoms with Gasteiger partial charge in [-0.25, -0.2) is 0 Å². The molecule has 0 radical (unpaired) electrons. The molecule has 0 fully saturated rings. The molecule has 2 N–H and O–H groups in total. The number of nitrogens with two attached hydrogens (primary N) is 1. The normalized spacial score (nSPS) is 10.1. The summed E-state index contributed by atoms with van der Waals surface area (Å²) in [5.74, 6) is -0.260. The first-order chi connectivity index (χ1) is 7.70. The summed E-state index contributed by atoms with van der Waals surface area (Å²) >= 11 is 5.95. The third-order valence-corrected chi connectivity index (χ3v) is 2.49. The lowest BCUT2D eigenvalue weighted by atomic mass is 10.1. The average molecular weight is 233 g/mol. The zero-order valence-electron chi connectivity index (χ0n) is 8.35. The predicted molar refractivity (Wildman–Crippen MR) is 63.5 cm³/mol. The van der Waals surface area contributed by atoms with Crippen LogP contribution in [0.15, 0.2) is 42.6 Å². The van der Waals surface area contributed by atoms with Gasteiger partial charge >= 0.3 is 0 Å². The first-order valence-corrected chi connectivity index (χ1v) is 5.07. The van der Waals surface area contributed by atoms with Crippen LogP contribution in [-0.4, -0.2) is 10.8 Å². The molecule has 0 aliphatic heterocycles. The van der Waals surface area contributed by atoms with Crippen LogP contribution in [0.5, 0.6) is 0 Å². The molecule has 0 spiro atoms. The molecule has 0 amide bonds. The third-order valence-electron chi connectivity index (χ3n) is 2.17. The topological polar surface area (TPSA) is 56.0 Å². The fourth-order valence-electron chi connectivity index (χ4n) is 1.41. The van der Waals surface area contributed by atoms with Crippen molar-refractivity contribution in [2.75, 3.05) is 5.73 Å². The summed E-state index contributed by atoms with van der Waals surface area (Å²) in [6.45, 7) is 0. The number of ketones is 1. The first-order valence-electron chi connectivity index (χ1n) is 4.70. The summed E-state index contributed by atoms with van der Waals surface area (Å²) < 4.78 is 0. The molecule has 0 aliphatic carbocycles. The fourth-order valence-corrected chi connectivity index (χ4v) is 1.67. The Morgan fingerprint density at radius 1 is 1.19 bits per heavy atom. The van der Waals surface area contributed by atoms with Gasteiger partial charge in [0.2, 0.25) is 5.78 Å². The molecule has 2 rings (SSSR count). The highest BCUT2D eigenvalue weighted by Gasteiger charge is 2.16.